The molecular weight excluding hydrogens is 445 g/mol. The molecule has 0 spiro atoms. The number of aliphatic hydroxyl groups is 1. The smallest absolute Gasteiger partial charge is 0.390 e. The van der Waals surface area contributed by atoms with Crippen molar-refractivity contribution in [2.45, 2.75) is 51.9 Å². The van der Waals surface area contributed by atoms with Gasteiger partial charge < -0.3 is 5.11 Å². The molecule has 0 aliphatic heterocycles. The average molecular weight is 470 g/mol. The highest BCUT2D eigenvalue weighted by atomic mass is 19.4. The molecular formula is C24H25F3N6O. The van der Waals surface area contributed by atoms with E-state index in [9.17, 15) is 18.3 Å². The maximum atomic E-state index is 13.1. The summed E-state index contributed by atoms with van der Waals surface area (Å²) in [5.41, 5.74) is 5.14. The first-order valence-electron chi connectivity index (χ1n) is 11.1. The normalized spacial score (nSPS) is 11.8. The molecule has 2 heterocycles. The number of hydrogen-bond acceptors (Lipinski definition) is 5. The molecule has 2 N–H and O–H groups in total. The number of unbranched alkanes of at least 4 members (excludes halogenated alkanes) is 1. The van der Waals surface area contributed by atoms with Gasteiger partial charge in [-0.15, -0.1) is 10.2 Å². The van der Waals surface area contributed by atoms with Gasteiger partial charge in [-0.1, -0.05) is 61.9 Å². The first-order valence-corrected chi connectivity index (χ1v) is 11.1. The molecule has 2 aromatic heterocycles. The molecule has 0 amide bonds. The summed E-state index contributed by atoms with van der Waals surface area (Å²) in [5.74, 6) is 0.491. The SMILES string of the molecule is CCCCc1nn(CC(F)(F)F)c(CO)c1Cc1ccc(-c2ccccc2-c2nn[nH]n2)cc1. The summed E-state index contributed by atoms with van der Waals surface area (Å²) in [6.45, 7) is 0.305. The van der Waals surface area contributed by atoms with Crippen LogP contribution in [0.4, 0.5) is 13.2 Å². The third kappa shape index (κ3) is 5.33. The van der Waals surface area contributed by atoms with Gasteiger partial charge in [0.2, 0.25) is 5.82 Å². The lowest BCUT2D eigenvalue weighted by Gasteiger charge is -2.11. The molecule has 0 saturated heterocycles. The molecule has 4 aromatic rings. The highest BCUT2D eigenvalue weighted by molar-refractivity contribution is 5.80. The molecule has 2 aromatic carbocycles. The summed E-state index contributed by atoms with van der Waals surface area (Å²) in [6, 6.07) is 15.5. The van der Waals surface area contributed by atoms with Gasteiger partial charge in [0, 0.05) is 17.5 Å². The highest BCUT2D eigenvalue weighted by Gasteiger charge is 2.31. The zero-order chi connectivity index (χ0) is 24.1. The molecule has 4 rings (SSSR count). The Hall–Kier alpha value is -3.53. The van der Waals surface area contributed by atoms with Gasteiger partial charge in [0.15, 0.2) is 0 Å². The van der Waals surface area contributed by atoms with Crippen molar-refractivity contribution in [1.82, 2.24) is 30.4 Å². The minimum atomic E-state index is -4.41. The molecule has 0 fully saturated rings. The van der Waals surface area contributed by atoms with Crippen LogP contribution in [0.5, 0.6) is 0 Å². The number of aryl methyl sites for hydroxylation is 1. The fourth-order valence-corrected chi connectivity index (χ4v) is 4.03. The van der Waals surface area contributed by atoms with Crippen LogP contribution >= 0.6 is 0 Å². The number of benzene rings is 2. The van der Waals surface area contributed by atoms with Crippen LogP contribution in [0.25, 0.3) is 22.5 Å². The molecule has 0 radical (unpaired) electrons. The zero-order valence-corrected chi connectivity index (χ0v) is 18.7. The van der Waals surface area contributed by atoms with Crippen molar-refractivity contribution in [3.63, 3.8) is 0 Å². The molecule has 0 saturated carbocycles. The zero-order valence-electron chi connectivity index (χ0n) is 18.7. The van der Waals surface area contributed by atoms with Crippen LogP contribution in [0.3, 0.4) is 0 Å². The number of halogens is 3. The van der Waals surface area contributed by atoms with Gasteiger partial charge in [0.05, 0.1) is 18.0 Å². The third-order valence-corrected chi connectivity index (χ3v) is 5.65. The van der Waals surface area contributed by atoms with Gasteiger partial charge in [-0.05, 0) is 34.7 Å². The van der Waals surface area contributed by atoms with E-state index in [2.05, 4.69) is 25.7 Å². The molecule has 10 heteroatoms. The predicted octanol–water partition coefficient (Wildman–Crippen LogP) is 4.72. The first-order chi connectivity index (χ1) is 16.4. The van der Waals surface area contributed by atoms with E-state index in [1.54, 1.807) is 0 Å². The third-order valence-electron chi connectivity index (χ3n) is 5.65. The molecule has 0 aliphatic carbocycles. The fourth-order valence-electron chi connectivity index (χ4n) is 4.03. The summed E-state index contributed by atoms with van der Waals surface area (Å²) in [7, 11) is 0. The van der Waals surface area contributed by atoms with Crippen LogP contribution in [0.15, 0.2) is 48.5 Å². The van der Waals surface area contributed by atoms with Crippen molar-refractivity contribution < 1.29 is 18.3 Å². The summed E-state index contributed by atoms with van der Waals surface area (Å²) >= 11 is 0. The molecule has 0 atom stereocenters. The maximum Gasteiger partial charge on any atom is 0.408 e. The van der Waals surface area contributed by atoms with Crippen molar-refractivity contribution in [3.05, 3.63) is 71.0 Å². The monoisotopic (exact) mass is 470 g/mol. The van der Waals surface area contributed by atoms with Gasteiger partial charge in [-0.25, -0.2) is 0 Å². The summed E-state index contributed by atoms with van der Waals surface area (Å²) in [4.78, 5) is 0. The maximum absolute atomic E-state index is 13.1. The Morgan fingerprint density at radius 2 is 1.76 bits per heavy atom. The van der Waals surface area contributed by atoms with E-state index in [0.29, 0.717) is 29.9 Å². The molecule has 178 valence electrons. The Labute approximate surface area is 194 Å². The van der Waals surface area contributed by atoms with Gasteiger partial charge in [-0.2, -0.15) is 23.5 Å². The number of hydrogen-bond donors (Lipinski definition) is 2. The highest BCUT2D eigenvalue weighted by Crippen LogP contribution is 2.31. The minimum Gasteiger partial charge on any atom is -0.390 e. The topological polar surface area (TPSA) is 92.5 Å². The van der Waals surface area contributed by atoms with Gasteiger partial charge >= 0.3 is 6.18 Å². The van der Waals surface area contributed by atoms with Crippen LogP contribution in [0.2, 0.25) is 0 Å². The molecule has 0 aliphatic rings. The van der Waals surface area contributed by atoms with Crippen LogP contribution in [0.1, 0.15) is 42.3 Å². The Bertz CT molecular complexity index is 1220. The van der Waals surface area contributed by atoms with Crippen LogP contribution in [0, 0.1) is 0 Å². The number of nitrogens with one attached hydrogen (secondary N) is 1. The lowest BCUT2D eigenvalue weighted by atomic mass is 9.95. The Morgan fingerprint density at radius 1 is 1.03 bits per heavy atom. The molecule has 0 unspecified atom stereocenters. The van der Waals surface area contributed by atoms with Crippen molar-refractivity contribution in [1.29, 1.82) is 0 Å². The van der Waals surface area contributed by atoms with Gasteiger partial charge in [0.25, 0.3) is 0 Å². The van der Waals surface area contributed by atoms with E-state index in [0.717, 1.165) is 39.8 Å². The number of aromatic nitrogens is 6. The Balaban J connectivity index is 1.64. The van der Waals surface area contributed by atoms with Crippen molar-refractivity contribution in [2.75, 3.05) is 0 Å². The lowest BCUT2D eigenvalue weighted by molar-refractivity contribution is -0.143. The summed E-state index contributed by atoms with van der Waals surface area (Å²) in [5, 5.41) is 28.3. The van der Waals surface area contributed by atoms with E-state index >= 15 is 0 Å². The molecule has 7 nitrogen and oxygen atoms in total. The Kier molecular flexibility index (Phi) is 7.06. The van der Waals surface area contributed by atoms with E-state index < -0.39 is 19.3 Å². The van der Waals surface area contributed by atoms with Crippen molar-refractivity contribution >= 4 is 0 Å². The first kappa shape index (κ1) is 23.6. The fraction of sp³-hybridized carbons (Fsp3) is 0.333. The molecule has 34 heavy (non-hydrogen) atoms. The van der Waals surface area contributed by atoms with E-state index in [1.807, 2.05) is 55.5 Å². The minimum absolute atomic E-state index is 0.218. The van der Waals surface area contributed by atoms with Crippen molar-refractivity contribution in [2.24, 2.45) is 0 Å². The second kappa shape index (κ2) is 10.2. The summed E-state index contributed by atoms with van der Waals surface area (Å²) in [6.07, 6.45) is -1.75. The van der Waals surface area contributed by atoms with Gasteiger partial charge in [-0.3, -0.25) is 4.68 Å². The van der Waals surface area contributed by atoms with E-state index in [1.165, 1.54) is 0 Å². The summed E-state index contributed by atoms with van der Waals surface area (Å²) < 4.78 is 40.1. The lowest BCUT2D eigenvalue weighted by Crippen LogP contribution is -2.20. The number of H-pyrrole nitrogens is 1. The van der Waals surface area contributed by atoms with Crippen LogP contribution in [-0.4, -0.2) is 41.7 Å². The number of nitrogens with zero attached hydrogens (tertiary/aromatic N) is 5. The number of rotatable bonds is 9. The quantitative estimate of drug-likeness (QED) is 0.369. The van der Waals surface area contributed by atoms with E-state index in [4.69, 9.17) is 0 Å². The predicted molar refractivity (Wildman–Crippen MR) is 121 cm³/mol. The van der Waals surface area contributed by atoms with Crippen LogP contribution < -0.4 is 0 Å². The second-order valence-corrected chi connectivity index (χ2v) is 8.06. The average Bonchev–Trinajstić information content (AvgIpc) is 3.46. The second-order valence-electron chi connectivity index (χ2n) is 8.06. The standard InChI is InChI=1S/C24H25F3N6O/c1-2-3-8-21-20(22(14-34)33(30-21)15-24(25,26)27)13-16-9-11-17(12-10-16)18-6-4-5-7-19(18)23-28-31-32-29-23/h4-7,9-12,34H,2-3,8,13-15H2,1H3,(H,28,29,31,32). The molecule has 0 bridgehead atoms. The van der Waals surface area contributed by atoms with E-state index in [-0.39, 0.29) is 5.69 Å². The van der Waals surface area contributed by atoms with Gasteiger partial charge in [0.1, 0.15) is 6.54 Å². The number of alkyl halides is 3. The van der Waals surface area contributed by atoms with Crippen molar-refractivity contribution in [3.8, 4) is 22.5 Å². The number of aromatic amines is 1. The Morgan fingerprint density at radius 3 is 2.38 bits per heavy atom. The number of tetrazole rings is 1. The largest absolute Gasteiger partial charge is 0.408 e. The number of aliphatic hydroxyl groups excluding tert-OH is 1. The van der Waals surface area contributed by atoms with Crippen LogP contribution in [-0.2, 0) is 26.0 Å².